The molecule has 142 valence electrons. The number of hydrogen-bond acceptors (Lipinski definition) is 6. The molecule has 2 aromatic carbocycles. The second kappa shape index (κ2) is 7.44. The third-order valence-corrected chi connectivity index (χ3v) is 4.65. The van der Waals surface area contributed by atoms with E-state index in [1.807, 2.05) is 66.9 Å². The van der Waals surface area contributed by atoms with Gasteiger partial charge in [-0.15, -0.1) is 10.2 Å². The van der Waals surface area contributed by atoms with Crippen molar-refractivity contribution in [2.24, 2.45) is 10.3 Å². The van der Waals surface area contributed by atoms with Gasteiger partial charge in [0, 0.05) is 16.1 Å². The molecule has 0 fully saturated rings. The van der Waals surface area contributed by atoms with E-state index in [2.05, 4.69) is 15.4 Å². The Morgan fingerprint density at radius 2 is 1.86 bits per heavy atom. The predicted octanol–water partition coefficient (Wildman–Crippen LogP) is 3.82. The first-order valence-corrected chi connectivity index (χ1v) is 9.17. The van der Waals surface area contributed by atoms with Crippen LogP contribution in [-0.4, -0.2) is 39.8 Å². The highest BCUT2D eigenvalue weighted by molar-refractivity contribution is 6.30. The van der Waals surface area contributed by atoms with Crippen molar-refractivity contribution in [2.75, 3.05) is 18.7 Å². The Morgan fingerprint density at radius 3 is 2.61 bits per heavy atom. The number of para-hydroxylation sites is 1. The summed E-state index contributed by atoms with van der Waals surface area (Å²) in [6, 6.07) is 15.7. The first-order chi connectivity index (χ1) is 13.6. The van der Waals surface area contributed by atoms with Gasteiger partial charge in [-0.3, -0.25) is 4.57 Å². The number of oxime groups is 1. The third-order valence-electron chi connectivity index (χ3n) is 4.40. The summed E-state index contributed by atoms with van der Waals surface area (Å²) in [6.07, 6.45) is 0. The Balaban J connectivity index is 1.95. The van der Waals surface area contributed by atoms with Gasteiger partial charge >= 0.3 is 0 Å². The number of nitrogens with zero attached hydrogens (tertiary/aromatic N) is 6. The second-order valence-corrected chi connectivity index (χ2v) is 6.86. The van der Waals surface area contributed by atoms with Gasteiger partial charge in [0.1, 0.15) is 18.6 Å². The van der Waals surface area contributed by atoms with Crippen molar-refractivity contribution in [3.63, 3.8) is 0 Å². The van der Waals surface area contributed by atoms with Crippen LogP contribution in [0.15, 0.2) is 58.8 Å². The van der Waals surface area contributed by atoms with E-state index in [9.17, 15) is 0 Å². The monoisotopic (exact) mass is 394 g/mol. The van der Waals surface area contributed by atoms with Crippen molar-refractivity contribution in [3.8, 4) is 5.69 Å². The lowest BCUT2D eigenvalue weighted by molar-refractivity contribution is 0.212. The average Bonchev–Trinajstić information content (AvgIpc) is 3.01. The highest BCUT2D eigenvalue weighted by atomic mass is 35.5. The molecule has 0 saturated heterocycles. The number of aryl methyl sites for hydroxylation is 1. The van der Waals surface area contributed by atoms with Gasteiger partial charge in [0.2, 0.25) is 0 Å². The van der Waals surface area contributed by atoms with Crippen molar-refractivity contribution < 1.29 is 4.84 Å². The Labute approximate surface area is 167 Å². The summed E-state index contributed by atoms with van der Waals surface area (Å²) in [5.74, 6) is 1.40. The molecule has 1 aliphatic rings. The normalized spacial score (nSPS) is 13.5. The predicted molar refractivity (Wildman–Crippen MR) is 111 cm³/mol. The fourth-order valence-corrected chi connectivity index (χ4v) is 3.34. The van der Waals surface area contributed by atoms with Crippen LogP contribution in [0.5, 0.6) is 0 Å². The molecule has 8 heteroatoms. The Bertz CT molecular complexity index is 1070. The van der Waals surface area contributed by atoms with Crippen LogP contribution in [0, 0.1) is 6.92 Å². The van der Waals surface area contributed by atoms with E-state index in [4.69, 9.17) is 21.5 Å². The van der Waals surface area contributed by atoms with Crippen LogP contribution < -0.4 is 5.01 Å². The number of aromatic nitrogens is 3. The van der Waals surface area contributed by atoms with Gasteiger partial charge in [-0.1, -0.05) is 47.1 Å². The van der Waals surface area contributed by atoms with Crippen LogP contribution in [0.2, 0.25) is 5.02 Å². The SMILES string of the molecule is CON=C(C)CN1N=C(c2ccc(Cl)cc2)c2ccccc2-n2c(C)nnc21. The van der Waals surface area contributed by atoms with Crippen molar-refractivity contribution in [1.82, 2.24) is 14.8 Å². The molecule has 0 N–H and O–H groups in total. The summed E-state index contributed by atoms with van der Waals surface area (Å²) in [5.41, 5.74) is 4.50. The molecule has 4 rings (SSSR count). The number of hydrazone groups is 1. The summed E-state index contributed by atoms with van der Waals surface area (Å²) in [6.45, 7) is 4.22. The van der Waals surface area contributed by atoms with Crippen LogP contribution in [0.4, 0.5) is 5.95 Å². The maximum Gasteiger partial charge on any atom is 0.252 e. The van der Waals surface area contributed by atoms with Crippen molar-refractivity contribution in [3.05, 3.63) is 70.5 Å². The van der Waals surface area contributed by atoms with Gasteiger partial charge in [0.25, 0.3) is 5.95 Å². The lowest BCUT2D eigenvalue weighted by Gasteiger charge is -2.17. The number of halogens is 1. The topological polar surface area (TPSA) is 67.9 Å². The standard InChI is InChI=1S/C20H19ClN6O/c1-13(25-28-3)12-26-20-23-22-14(2)27(20)18-7-5-4-6-17(18)19(24-26)15-8-10-16(21)11-9-15/h4-11H,12H2,1-3H3. The Kier molecular flexibility index (Phi) is 4.83. The molecule has 3 aromatic rings. The number of benzene rings is 2. The van der Waals surface area contributed by atoms with E-state index in [0.717, 1.165) is 34.1 Å². The van der Waals surface area contributed by atoms with E-state index < -0.39 is 0 Å². The number of hydrogen-bond donors (Lipinski definition) is 0. The van der Waals surface area contributed by atoms with Crippen LogP contribution in [0.25, 0.3) is 5.69 Å². The Hall–Kier alpha value is -3.19. The van der Waals surface area contributed by atoms with E-state index in [1.165, 1.54) is 7.11 Å². The van der Waals surface area contributed by atoms with Crippen molar-refractivity contribution >= 4 is 29.0 Å². The molecule has 0 spiro atoms. The van der Waals surface area contributed by atoms with E-state index in [0.29, 0.717) is 17.5 Å². The van der Waals surface area contributed by atoms with Gasteiger partial charge in [-0.05, 0) is 32.0 Å². The second-order valence-electron chi connectivity index (χ2n) is 6.42. The molecule has 0 amide bonds. The van der Waals surface area contributed by atoms with Crippen LogP contribution in [-0.2, 0) is 4.84 Å². The fourth-order valence-electron chi connectivity index (χ4n) is 3.22. The minimum Gasteiger partial charge on any atom is -0.399 e. The molecule has 2 heterocycles. The minimum atomic E-state index is 0.414. The summed E-state index contributed by atoms with van der Waals surface area (Å²) >= 11 is 6.09. The molecule has 28 heavy (non-hydrogen) atoms. The third kappa shape index (κ3) is 3.25. The molecule has 0 bridgehead atoms. The molecule has 7 nitrogen and oxygen atoms in total. The van der Waals surface area contributed by atoms with E-state index in [-0.39, 0.29) is 0 Å². The zero-order chi connectivity index (χ0) is 19.7. The Morgan fingerprint density at radius 1 is 1.11 bits per heavy atom. The molecule has 0 saturated carbocycles. The molecule has 1 aromatic heterocycles. The molecule has 1 aliphatic heterocycles. The van der Waals surface area contributed by atoms with Crippen molar-refractivity contribution in [1.29, 1.82) is 0 Å². The maximum atomic E-state index is 6.09. The average molecular weight is 395 g/mol. The van der Waals surface area contributed by atoms with Gasteiger partial charge in [0.05, 0.1) is 17.9 Å². The molecule has 0 unspecified atom stereocenters. The maximum absolute atomic E-state index is 6.09. The summed E-state index contributed by atoms with van der Waals surface area (Å²) in [5, 5.41) is 20.1. The molecule has 0 aliphatic carbocycles. The van der Waals surface area contributed by atoms with Crippen LogP contribution in [0.1, 0.15) is 23.9 Å². The lowest BCUT2D eigenvalue weighted by atomic mass is 10.0. The van der Waals surface area contributed by atoms with Crippen LogP contribution >= 0.6 is 11.6 Å². The number of rotatable bonds is 4. The largest absolute Gasteiger partial charge is 0.399 e. The minimum absolute atomic E-state index is 0.414. The molecular formula is C20H19ClN6O. The van der Waals surface area contributed by atoms with Gasteiger partial charge < -0.3 is 4.84 Å². The first-order valence-electron chi connectivity index (χ1n) is 8.79. The number of anilines is 1. The van der Waals surface area contributed by atoms with Gasteiger partial charge in [-0.25, -0.2) is 5.01 Å². The zero-order valence-electron chi connectivity index (χ0n) is 15.8. The summed E-state index contributed by atoms with van der Waals surface area (Å²) in [7, 11) is 1.52. The quantitative estimate of drug-likeness (QED) is 0.498. The first kappa shape index (κ1) is 18.2. The van der Waals surface area contributed by atoms with E-state index in [1.54, 1.807) is 5.01 Å². The zero-order valence-corrected chi connectivity index (χ0v) is 16.6. The highest BCUT2D eigenvalue weighted by Crippen LogP contribution is 2.29. The smallest absolute Gasteiger partial charge is 0.252 e. The number of fused-ring (bicyclic) bond motifs is 3. The summed E-state index contributed by atoms with van der Waals surface area (Å²) < 4.78 is 2.00. The van der Waals surface area contributed by atoms with Crippen molar-refractivity contribution in [2.45, 2.75) is 13.8 Å². The molecule has 0 atom stereocenters. The van der Waals surface area contributed by atoms with Gasteiger partial charge in [-0.2, -0.15) is 5.10 Å². The van der Waals surface area contributed by atoms with Crippen LogP contribution in [0.3, 0.4) is 0 Å². The van der Waals surface area contributed by atoms with E-state index >= 15 is 0 Å². The highest BCUT2D eigenvalue weighted by Gasteiger charge is 2.26. The fraction of sp³-hybridized carbons (Fsp3) is 0.200. The van der Waals surface area contributed by atoms with Gasteiger partial charge in [0.15, 0.2) is 0 Å². The molecular weight excluding hydrogens is 376 g/mol. The lowest BCUT2D eigenvalue weighted by Crippen LogP contribution is -2.26. The molecule has 0 radical (unpaired) electrons. The summed E-state index contributed by atoms with van der Waals surface area (Å²) in [4.78, 5) is 4.91.